The van der Waals surface area contributed by atoms with E-state index in [0.717, 1.165) is 10.8 Å². The first-order valence-corrected chi connectivity index (χ1v) is 12.0. The molecule has 0 amide bonds. The van der Waals surface area contributed by atoms with Crippen molar-refractivity contribution in [3.63, 3.8) is 0 Å². The second kappa shape index (κ2) is 6.79. The molecule has 0 aromatic heterocycles. The van der Waals surface area contributed by atoms with Gasteiger partial charge in [-0.3, -0.25) is 9.03 Å². The first-order valence-electron chi connectivity index (χ1n) is 8.89. The van der Waals surface area contributed by atoms with Crippen molar-refractivity contribution >= 4 is 42.2 Å². The Kier molecular flexibility index (Phi) is 4.55. The Morgan fingerprint density at radius 2 is 1.71 bits per heavy atom. The van der Waals surface area contributed by atoms with Crippen LogP contribution in [-0.2, 0) is 20.0 Å². The van der Waals surface area contributed by atoms with E-state index in [1.54, 1.807) is 43.3 Å². The van der Waals surface area contributed by atoms with E-state index in [0.29, 0.717) is 29.9 Å². The van der Waals surface area contributed by atoms with Crippen LogP contribution in [0.4, 0.5) is 11.4 Å². The smallest absolute Gasteiger partial charge is 0.261 e. The number of benzene rings is 3. The second-order valence-electron chi connectivity index (χ2n) is 6.86. The number of sulfonamides is 2. The van der Waals surface area contributed by atoms with Gasteiger partial charge in [0.05, 0.1) is 22.0 Å². The summed E-state index contributed by atoms with van der Waals surface area (Å²) in [6.45, 7) is 2.20. The van der Waals surface area contributed by atoms with Crippen LogP contribution in [0.25, 0.3) is 10.8 Å². The third-order valence-corrected chi connectivity index (χ3v) is 8.11. The number of fused-ring (bicyclic) bond motifs is 1. The van der Waals surface area contributed by atoms with Gasteiger partial charge in [0.2, 0.25) is 10.0 Å². The normalized spacial score (nSPS) is 16.4. The molecular weight excluding hydrogens is 396 g/mol. The maximum atomic E-state index is 12.8. The zero-order valence-electron chi connectivity index (χ0n) is 15.3. The van der Waals surface area contributed by atoms with Gasteiger partial charge in [-0.1, -0.05) is 30.3 Å². The lowest BCUT2D eigenvalue weighted by Gasteiger charge is -2.19. The standard InChI is InChI=1S/C20H20N2O4S2/c1-15-13-18(22-11-4-12-27(22,23)24)8-10-20(15)21-28(25,26)19-9-7-16-5-2-3-6-17(16)14-19/h2-3,5-10,13-14,21H,4,11-12H2,1H3. The maximum absolute atomic E-state index is 12.8. The Morgan fingerprint density at radius 3 is 2.39 bits per heavy atom. The molecule has 0 spiro atoms. The third kappa shape index (κ3) is 3.45. The summed E-state index contributed by atoms with van der Waals surface area (Å²) in [5.41, 5.74) is 1.64. The molecule has 0 bridgehead atoms. The van der Waals surface area contributed by atoms with Crippen molar-refractivity contribution in [3.8, 4) is 0 Å². The van der Waals surface area contributed by atoms with Gasteiger partial charge in [0.1, 0.15) is 0 Å². The molecule has 4 rings (SSSR count). The van der Waals surface area contributed by atoms with Crippen molar-refractivity contribution in [2.75, 3.05) is 21.3 Å². The highest BCUT2D eigenvalue weighted by molar-refractivity contribution is 7.93. The summed E-state index contributed by atoms with van der Waals surface area (Å²) in [4.78, 5) is 0.178. The van der Waals surface area contributed by atoms with Crippen LogP contribution in [0.2, 0.25) is 0 Å². The molecule has 0 radical (unpaired) electrons. The molecule has 146 valence electrons. The molecule has 1 saturated heterocycles. The molecule has 1 fully saturated rings. The molecule has 1 heterocycles. The van der Waals surface area contributed by atoms with E-state index >= 15 is 0 Å². The second-order valence-corrected chi connectivity index (χ2v) is 10.6. The van der Waals surface area contributed by atoms with Crippen LogP contribution >= 0.6 is 0 Å². The van der Waals surface area contributed by atoms with E-state index in [1.807, 2.05) is 24.3 Å². The van der Waals surface area contributed by atoms with Crippen molar-refractivity contribution in [3.05, 3.63) is 66.2 Å². The van der Waals surface area contributed by atoms with E-state index in [4.69, 9.17) is 0 Å². The van der Waals surface area contributed by atoms with Crippen LogP contribution in [0.15, 0.2) is 65.6 Å². The Hall–Kier alpha value is -2.58. The fourth-order valence-electron chi connectivity index (χ4n) is 3.39. The maximum Gasteiger partial charge on any atom is 0.261 e. The van der Waals surface area contributed by atoms with Crippen LogP contribution in [0.1, 0.15) is 12.0 Å². The van der Waals surface area contributed by atoms with E-state index in [2.05, 4.69) is 4.72 Å². The Balaban J connectivity index is 1.64. The number of hydrogen-bond donors (Lipinski definition) is 1. The zero-order chi connectivity index (χ0) is 19.9. The molecular formula is C20H20N2O4S2. The van der Waals surface area contributed by atoms with Gasteiger partial charge in [-0.25, -0.2) is 16.8 Å². The van der Waals surface area contributed by atoms with Crippen LogP contribution < -0.4 is 9.03 Å². The van der Waals surface area contributed by atoms with Crippen LogP contribution in [0.3, 0.4) is 0 Å². The van der Waals surface area contributed by atoms with Crippen molar-refractivity contribution < 1.29 is 16.8 Å². The predicted octanol–water partition coefficient (Wildman–Crippen LogP) is 3.49. The summed E-state index contributed by atoms with van der Waals surface area (Å²) in [5.74, 6) is 0.141. The minimum atomic E-state index is -3.76. The quantitative estimate of drug-likeness (QED) is 0.706. The average Bonchev–Trinajstić information content (AvgIpc) is 3.02. The van der Waals surface area contributed by atoms with Gasteiger partial charge in [0.25, 0.3) is 10.0 Å². The van der Waals surface area contributed by atoms with Crippen molar-refractivity contribution in [1.29, 1.82) is 0 Å². The average molecular weight is 417 g/mol. The fraction of sp³-hybridized carbons (Fsp3) is 0.200. The largest absolute Gasteiger partial charge is 0.279 e. The number of nitrogens with one attached hydrogen (secondary N) is 1. The first-order chi connectivity index (χ1) is 13.3. The highest BCUT2D eigenvalue weighted by atomic mass is 32.2. The van der Waals surface area contributed by atoms with Gasteiger partial charge < -0.3 is 0 Å². The fourth-order valence-corrected chi connectivity index (χ4v) is 6.11. The lowest BCUT2D eigenvalue weighted by atomic mass is 10.1. The van der Waals surface area contributed by atoms with Gasteiger partial charge in [-0.2, -0.15) is 0 Å². The lowest BCUT2D eigenvalue weighted by molar-refractivity contribution is 0.598. The molecule has 28 heavy (non-hydrogen) atoms. The molecule has 1 aliphatic heterocycles. The minimum absolute atomic E-state index is 0.141. The highest BCUT2D eigenvalue weighted by Gasteiger charge is 2.28. The minimum Gasteiger partial charge on any atom is -0.279 e. The SMILES string of the molecule is Cc1cc(N2CCCS2(=O)=O)ccc1NS(=O)(=O)c1ccc2ccccc2c1. The van der Waals surface area contributed by atoms with Crippen molar-refractivity contribution in [2.45, 2.75) is 18.2 Å². The van der Waals surface area contributed by atoms with E-state index < -0.39 is 20.0 Å². The molecule has 0 aliphatic carbocycles. The van der Waals surface area contributed by atoms with Gasteiger partial charge >= 0.3 is 0 Å². The Morgan fingerprint density at radius 1 is 0.964 bits per heavy atom. The predicted molar refractivity (Wildman–Crippen MR) is 112 cm³/mol. The molecule has 6 nitrogen and oxygen atoms in total. The van der Waals surface area contributed by atoms with E-state index in [1.165, 1.54) is 4.31 Å². The first kappa shape index (κ1) is 18.8. The Bertz CT molecular complexity index is 1270. The van der Waals surface area contributed by atoms with Gasteiger partial charge in [0.15, 0.2) is 0 Å². The van der Waals surface area contributed by atoms with Crippen LogP contribution in [0, 0.1) is 6.92 Å². The molecule has 1 N–H and O–H groups in total. The summed E-state index contributed by atoms with van der Waals surface area (Å²) < 4.78 is 53.8. The molecule has 8 heteroatoms. The summed E-state index contributed by atoms with van der Waals surface area (Å²) >= 11 is 0. The summed E-state index contributed by atoms with van der Waals surface area (Å²) in [6, 6.07) is 17.5. The monoisotopic (exact) mass is 416 g/mol. The van der Waals surface area contributed by atoms with Gasteiger partial charge in [-0.05, 0) is 60.0 Å². The third-order valence-electron chi connectivity index (χ3n) is 4.87. The summed E-state index contributed by atoms with van der Waals surface area (Å²) in [7, 11) is -7.04. The molecule has 0 saturated carbocycles. The topological polar surface area (TPSA) is 83.6 Å². The highest BCUT2D eigenvalue weighted by Crippen LogP contribution is 2.29. The molecule has 3 aromatic carbocycles. The van der Waals surface area contributed by atoms with Crippen LogP contribution in [-0.4, -0.2) is 29.1 Å². The zero-order valence-corrected chi connectivity index (χ0v) is 16.9. The summed E-state index contributed by atoms with van der Waals surface area (Å²) in [6.07, 6.45) is 0.595. The number of rotatable bonds is 4. The number of hydrogen-bond acceptors (Lipinski definition) is 4. The van der Waals surface area contributed by atoms with E-state index in [9.17, 15) is 16.8 Å². The molecule has 3 aromatic rings. The molecule has 0 atom stereocenters. The molecule has 1 aliphatic rings. The van der Waals surface area contributed by atoms with Gasteiger partial charge in [-0.15, -0.1) is 0 Å². The number of anilines is 2. The van der Waals surface area contributed by atoms with Crippen LogP contribution in [0.5, 0.6) is 0 Å². The number of aryl methyl sites for hydroxylation is 1. The Labute approximate surface area is 164 Å². The molecule has 0 unspecified atom stereocenters. The van der Waals surface area contributed by atoms with Crippen molar-refractivity contribution in [1.82, 2.24) is 0 Å². The van der Waals surface area contributed by atoms with E-state index in [-0.39, 0.29) is 10.6 Å². The van der Waals surface area contributed by atoms with Crippen molar-refractivity contribution in [2.24, 2.45) is 0 Å². The lowest BCUT2D eigenvalue weighted by Crippen LogP contribution is -2.25. The van der Waals surface area contributed by atoms with Gasteiger partial charge in [0, 0.05) is 6.54 Å². The number of nitrogens with zero attached hydrogens (tertiary/aromatic N) is 1. The summed E-state index contributed by atoms with van der Waals surface area (Å²) in [5, 5.41) is 1.81.